The molecule has 0 aromatic heterocycles. The number of carbonyl (C=O) groups is 1. The number of anilines is 1. The summed E-state index contributed by atoms with van der Waals surface area (Å²) in [6.07, 6.45) is 5.83. The quantitative estimate of drug-likeness (QED) is 0.398. The van der Waals surface area contributed by atoms with E-state index in [9.17, 15) is 13.2 Å². The second kappa shape index (κ2) is 11.4. The van der Waals surface area contributed by atoms with Crippen molar-refractivity contribution in [2.75, 3.05) is 18.5 Å². The number of rotatable bonds is 12. The van der Waals surface area contributed by atoms with Crippen molar-refractivity contribution >= 4 is 21.6 Å². The van der Waals surface area contributed by atoms with Gasteiger partial charge in [0.25, 0.3) is 5.91 Å². The van der Waals surface area contributed by atoms with E-state index in [-0.39, 0.29) is 17.3 Å². The number of ether oxygens (including phenoxy) is 1. The number of hydrogen-bond acceptors (Lipinski definition) is 4. The SMILES string of the molecule is C=CCNS(=O)(=O)c1ccc(NC(=O)c2ccccc2OCCCCCC)cc1. The molecule has 6 nitrogen and oxygen atoms in total. The molecule has 2 N–H and O–H groups in total. The first kappa shape index (κ1) is 22.6. The van der Waals surface area contributed by atoms with Gasteiger partial charge in [0.2, 0.25) is 10.0 Å². The van der Waals surface area contributed by atoms with Crippen LogP contribution in [0.5, 0.6) is 5.75 Å². The largest absolute Gasteiger partial charge is 0.493 e. The minimum absolute atomic E-state index is 0.119. The molecule has 0 aliphatic rings. The van der Waals surface area contributed by atoms with E-state index in [4.69, 9.17) is 4.74 Å². The molecule has 2 aromatic carbocycles. The first-order valence-electron chi connectivity index (χ1n) is 9.71. The van der Waals surface area contributed by atoms with Crippen molar-refractivity contribution in [1.82, 2.24) is 4.72 Å². The molecule has 0 radical (unpaired) electrons. The van der Waals surface area contributed by atoms with Crippen LogP contribution in [-0.4, -0.2) is 27.5 Å². The first-order chi connectivity index (χ1) is 14.0. The van der Waals surface area contributed by atoms with E-state index in [1.807, 2.05) is 6.07 Å². The van der Waals surface area contributed by atoms with Crippen molar-refractivity contribution in [3.8, 4) is 5.75 Å². The van der Waals surface area contributed by atoms with Gasteiger partial charge in [-0.2, -0.15) is 0 Å². The van der Waals surface area contributed by atoms with E-state index in [0.29, 0.717) is 23.6 Å². The Bertz CT molecular complexity index is 909. The van der Waals surface area contributed by atoms with Gasteiger partial charge < -0.3 is 10.1 Å². The van der Waals surface area contributed by atoms with E-state index in [1.165, 1.54) is 24.6 Å². The minimum atomic E-state index is -3.60. The van der Waals surface area contributed by atoms with Gasteiger partial charge in [0, 0.05) is 12.2 Å². The molecule has 2 rings (SSSR count). The number of amides is 1. The van der Waals surface area contributed by atoms with Crippen molar-refractivity contribution in [1.29, 1.82) is 0 Å². The number of benzene rings is 2. The van der Waals surface area contributed by atoms with Crippen LogP contribution < -0.4 is 14.8 Å². The number of nitrogens with one attached hydrogen (secondary N) is 2. The maximum absolute atomic E-state index is 12.7. The summed E-state index contributed by atoms with van der Waals surface area (Å²) in [5.41, 5.74) is 0.933. The minimum Gasteiger partial charge on any atom is -0.493 e. The molecule has 0 spiro atoms. The second-order valence-electron chi connectivity index (χ2n) is 6.52. The predicted octanol–water partition coefficient (Wildman–Crippen LogP) is 4.36. The summed E-state index contributed by atoms with van der Waals surface area (Å²) in [6, 6.07) is 13.1. The lowest BCUT2D eigenvalue weighted by atomic mass is 10.1. The number of sulfonamides is 1. The summed E-state index contributed by atoms with van der Waals surface area (Å²) in [5.74, 6) is 0.226. The van der Waals surface area contributed by atoms with Crippen LogP contribution in [0, 0.1) is 0 Å². The van der Waals surface area contributed by atoms with Crippen LogP contribution in [0.4, 0.5) is 5.69 Å². The van der Waals surface area contributed by atoms with E-state index >= 15 is 0 Å². The fraction of sp³-hybridized carbons (Fsp3) is 0.318. The summed E-state index contributed by atoms with van der Waals surface area (Å²) >= 11 is 0. The molecule has 0 bridgehead atoms. The fourth-order valence-electron chi connectivity index (χ4n) is 2.66. The average Bonchev–Trinajstić information content (AvgIpc) is 2.73. The second-order valence-corrected chi connectivity index (χ2v) is 8.29. The van der Waals surface area contributed by atoms with Crippen LogP contribution in [0.1, 0.15) is 43.0 Å². The molecule has 0 saturated carbocycles. The summed E-state index contributed by atoms with van der Waals surface area (Å²) < 4.78 is 32.4. The fourth-order valence-corrected chi connectivity index (χ4v) is 3.66. The zero-order valence-corrected chi connectivity index (χ0v) is 17.5. The van der Waals surface area contributed by atoms with Crippen molar-refractivity contribution in [3.05, 3.63) is 66.7 Å². The highest BCUT2D eigenvalue weighted by Gasteiger charge is 2.15. The molecular formula is C22H28N2O4S. The molecule has 7 heteroatoms. The zero-order chi connectivity index (χ0) is 21.1. The van der Waals surface area contributed by atoms with Gasteiger partial charge in [0.05, 0.1) is 17.1 Å². The van der Waals surface area contributed by atoms with E-state index < -0.39 is 10.0 Å². The molecule has 0 unspecified atom stereocenters. The first-order valence-corrected chi connectivity index (χ1v) is 11.2. The Hall–Kier alpha value is -2.64. The average molecular weight is 417 g/mol. The van der Waals surface area contributed by atoms with Gasteiger partial charge in [-0.25, -0.2) is 13.1 Å². The summed E-state index contributed by atoms with van der Waals surface area (Å²) in [6.45, 7) is 6.35. The standard InChI is InChI=1S/C22H28N2O4S/c1-3-5-6-9-17-28-21-11-8-7-10-20(21)22(25)24-18-12-14-19(15-13-18)29(26,27)23-16-4-2/h4,7-8,10-15,23H,2-3,5-6,9,16-17H2,1H3,(H,24,25). The van der Waals surface area contributed by atoms with Crippen LogP contribution in [0.15, 0.2) is 66.1 Å². The Balaban J connectivity index is 2.02. The van der Waals surface area contributed by atoms with Crippen molar-refractivity contribution < 1.29 is 17.9 Å². The third kappa shape index (κ3) is 7.03. The van der Waals surface area contributed by atoms with Crippen LogP contribution in [0.25, 0.3) is 0 Å². The molecule has 2 aromatic rings. The van der Waals surface area contributed by atoms with Crippen molar-refractivity contribution in [2.24, 2.45) is 0 Å². The topological polar surface area (TPSA) is 84.5 Å². The molecule has 0 fully saturated rings. The highest BCUT2D eigenvalue weighted by Crippen LogP contribution is 2.21. The number of para-hydroxylation sites is 1. The molecule has 1 amide bonds. The third-order valence-corrected chi connectivity index (χ3v) is 5.67. The molecule has 29 heavy (non-hydrogen) atoms. The van der Waals surface area contributed by atoms with Crippen molar-refractivity contribution in [3.63, 3.8) is 0 Å². The summed E-state index contributed by atoms with van der Waals surface area (Å²) in [4.78, 5) is 12.8. The predicted molar refractivity (Wildman–Crippen MR) is 116 cm³/mol. The van der Waals surface area contributed by atoms with Crippen molar-refractivity contribution in [2.45, 2.75) is 37.5 Å². The summed E-state index contributed by atoms with van der Waals surface area (Å²) in [5, 5.41) is 2.78. The van der Waals surface area contributed by atoms with Crippen LogP contribution in [0.3, 0.4) is 0 Å². The van der Waals surface area contributed by atoms with Gasteiger partial charge in [-0.3, -0.25) is 4.79 Å². The van der Waals surface area contributed by atoms with Gasteiger partial charge in [-0.05, 0) is 42.8 Å². The number of carbonyl (C=O) groups excluding carboxylic acids is 1. The monoisotopic (exact) mass is 416 g/mol. The highest BCUT2D eigenvalue weighted by molar-refractivity contribution is 7.89. The molecule has 0 atom stereocenters. The van der Waals surface area contributed by atoms with Crippen LogP contribution in [-0.2, 0) is 10.0 Å². The molecule has 0 heterocycles. The molecule has 0 aliphatic heterocycles. The Kier molecular flexibility index (Phi) is 8.89. The molecule has 0 saturated heterocycles. The Morgan fingerprint density at radius 2 is 1.79 bits per heavy atom. The molecule has 0 aliphatic carbocycles. The molecular weight excluding hydrogens is 388 g/mol. The lowest BCUT2D eigenvalue weighted by molar-refractivity contribution is 0.102. The number of hydrogen-bond donors (Lipinski definition) is 2. The van der Waals surface area contributed by atoms with Gasteiger partial charge in [0.15, 0.2) is 0 Å². The van der Waals surface area contributed by atoms with Crippen LogP contribution in [0.2, 0.25) is 0 Å². The van der Waals surface area contributed by atoms with Gasteiger partial charge in [-0.15, -0.1) is 6.58 Å². The maximum atomic E-state index is 12.7. The van der Waals surface area contributed by atoms with Gasteiger partial charge in [-0.1, -0.05) is 44.4 Å². The maximum Gasteiger partial charge on any atom is 0.259 e. The Morgan fingerprint density at radius 3 is 2.48 bits per heavy atom. The lowest BCUT2D eigenvalue weighted by Gasteiger charge is -2.12. The summed E-state index contributed by atoms with van der Waals surface area (Å²) in [7, 11) is -3.60. The lowest BCUT2D eigenvalue weighted by Crippen LogP contribution is -2.23. The van der Waals surface area contributed by atoms with E-state index in [2.05, 4.69) is 23.5 Å². The van der Waals surface area contributed by atoms with E-state index in [1.54, 1.807) is 30.3 Å². The van der Waals surface area contributed by atoms with E-state index in [0.717, 1.165) is 19.3 Å². The number of unbranched alkanes of at least 4 members (excludes halogenated alkanes) is 3. The Morgan fingerprint density at radius 1 is 1.07 bits per heavy atom. The highest BCUT2D eigenvalue weighted by atomic mass is 32.2. The molecule has 156 valence electrons. The normalized spacial score (nSPS) is 11.1. The van der Waals surface area contributed by atoms with Gasteiger partial charge in [0.1, 0.15) is 5.75 Å². The van der Waals surface area contributed by atoms with Gasteiger partial charge >= 0.3 is 0 Å². The zero-order valence-electron chi connectivity index (χ0n) is 16.7. The van der Waals surface area contributed by atoms with Crippen LogP contribution >= 0.6 is 0 Å². The third-order valence-electron chi connectivity index (χ3n) is 4.23. The smallest absolute Gasteiger partial charge is 0.259 e. The Labute approximate surface area is 173 Å².